The predicted molar refractivity (Wildman–Crippen MR) is 141 cm³/mol. The molecule has 0 aliphatic carbocycles. The molecular formula is C25H29N9O2. The van der Waals surface area contributed by atoms with E-state index in [4.69, 9.17) is 4.74 Å². The van der Waals surface area contributed by atoms with Gasteiger partial charge >= 0.3 is 0 Å². The number of para-hydroxylation sites is 1. The summed E-state index contributed by atoms with van der Waals surface area (Å²) in [5.41, 5.74) is 2.85. The maximum atomic E-state index is 12.2. The highest BCUT2D eigenvalue weighted by molar-refractivity contribution is 6.02. The average molecular weight is 488 g/mol. The number of fused-ring (bicyclic) bond motifs is 1. The summed E-state index contributed by atoms with van der Waals surface area (Å²) < 4.78 is 7.31. The molecule has 0 aliphatic rings. The van der Waals surface area contributed by atoms with Crippen LogP contribution in [0.4, 0.5) is 23.0 Å². The number of likely N-dealkylation sites (N-methyl/N-ethyl adjacent to an activating group) is 2. The third-order valence-corrected chi connectivity index (χ3v) is 5.53. The Morgan fingerprint density at radius 1 is 1.14 bits per heavy atom. The van der Waals surface area contributed by atoms with Crippen molar-refractivity contribution in [2.75, 3.05) is 56.9 Å². The normalized spacial score (nSPS) is 10.9. The molecule has 2 aromatic heterocycles. The average Bonchev–Trinajstić information content (AvgIpc) is 3.32. The van der Waals surface area contributed by atoms with E-state index in [-0.39, 0.29) is 5.91 Å². The summed E-state index contributed by atoms with van der Waals surface area (Å²) in [6, 6.07) is 11.4. The number of aromatic nitrogens is 5. The number of carbonyl (C=O) groups excluding carboxylic acids is 1. The number of ether oxygens (including phenoxy) is 1. The van der Waals surface area contributed by atoms with Crippen molar-refractivity contribution in [3.05, 3.63) is 61.6 Å². The minimum atomic E-state index is -0.318. The van der Waals surface area contributed by atoms with Gasteiger partial charge in [-0.25, -0.2) is 4.98 Å². The van der Waals surface area contributed by atoms with E-state index < -0.39 is 0 Å². The molecule has 4 rings (SSSR count). The Hall–Kier alpha value is -4.51. The Labute approximate surface area is 209 Å². The summed E-state index contributed by atoms with van der Waals surface area (Å²) in [4.78, 5) is 29.4. The number of hydrogen-bond acceptors (Lipinski definition) is 9. The molecule has 0 unspecified atom stereocenters. The number of nitrogens with one attached hydrogen (secondary N) is 2. The van der Waals surface area contributed by atoms with Gasteiger partial charge in [-0.3, -0.25) is 4.79 Å². The molecular weight excluding hydrogens is 458 g/mol. The first kappa shape index (κ1) is 24.6. The third-order valence-electron chi connectivity index (χ3n) is 5.53. The molecule has 11 heteroatoms. The zero-order valence-corrected chi connectivity index (χ0v) is 20.8. The van der Waals surface area contributed by atoms with Crippen molar-refractivity contribution in [3.8, 4) is 11.7 Å². The molecule has 186 valence electrons. The van der Waals surface area contributed by atoms with Crippen molar-refractivity contribution >= 4 is 39.8 Å². The summed E-state index contributed by atoms with van der Waals surface area (Å²) in [5, 5.41) is 11.5. The van der Waals surface area contributed by atoms with Crippen LogP contribution in [0.25, 0.3) is 16.9 Å². The molecule has 2 N–H and O–H groups in total. The second-order valence-electron chi connectivity index (χ2n) is 8.34. The van der Waals surface area contributed by atoms with Crippen LogP contribution in [0.3, 0.4) is 0 Å². The predicted octanol–water partition coefficient (Wildman–Crippen LogP) is 3.09. The quantitative estimate of drug-likeness (QED) is 0.326. The van der Waals surface area contributed by atoms with E-state index in [1.54, 1.807) is 24.1 Å². The molecule has 36 heavy (non-hydrogen) atoms. The molecule has 0 saturated heterocycles. The van der Waals surface area contributed by atoms with Crippen LogP contribution in [-0.4, -0.2) is 76.9 Å². The number of hydrogen-bond donors (Lipinski definition) is 2. The molecule has 11 nitrogen and oxygen atoms in total. The zero-order valence-electron chi connectivity index (χ0n) is 20.8. The number of nitrogens with zero attached hydrogens (tertiary/aromatic N) is 7. The standard InChI is InChI=1S/C25H29N9O2/c1-6-23(35)29-18-13-19(22(36-5)14-21(18)33(4)12-11-32(2)3)30-24-26-16-27-25(31-24)34-20-10-8-7-9-17(20)15-28-34/h6-10,13-16H,1,11-12H2,2-5H3,(H,29,35)(H,26,27,30,31). The molecule has 0 fully saturated rings. The van der Waals surface area contributed by atoms with Crippen molar-refractivity contribution in [1.82, 2.24) is 29.6 Å². The maximum absolute atomic E-state index is 12.2. The van der Waals surface area contributed by atoms with Crippen LogP contribution >= 0.6 is 0 Å². The smallest absolute Gasteiger partial charge is 0.255 e. The lowest BCUT2D eigenvalue weighted by Gasteiger charge is -2.25. The van der Waals surface area contributed by atoms with E-state index in [0.717, 1.165) is 29.7 Å². The largest absolute Gasteiger partial charge is 0.494 e. The number of rotatable bonds is 10. The lowest BCUT2D eigenvalue weighted by atomic mass is 10.2. The van der Waals surface area contributed by atoms with Crippen LogP contribution in [0.1, 0.15) is 0 Å². The third kappa shape index (κ3) is 5.41. The van der Waals surface area contributed by atoms with Gasteiger partial charge in [0.1, 0.15) is 12.1 Å². The van der Waals surface area contributed by atoms with E-state index in [2.05, 4.69) is 47.1 Å². The summed E-state index contributed by atoms with van der Waals surface area (Å²) >= 11 is 0. The Morgan fingerprint density at radius 2 is 1.94 bits per heavy atom. The fourth-order valence-electron chi connectivity index (χ4n) is 3.61. The summed E-state index contributed by atoms with van der Waals surface area (Å²) in [6.07, 6.45) is 4.40. The van der Waals surface area contributed by atoms with Gasteiger partial charge in [0.05, 0.1) is 35.9 Å². The molecule has 0 aliphatic heterocycles. The molecule has 0 bridgehead atoms. The van der Waals surface area contributed by atoms with E-state index >= 15 is 0 Å². The van der Waals surface area contributed by atoms with Gasteiger partial charge < -0.3 is 25.2 Å². The highest BCUT2D eigenvalue weighted by atomic mass is 16.5. The molecule has 2 heterocycles. The molecule has 0 atom stereocenters. The van der Waals surface area contributed by atoms with Crippen molar-refractivity contribution in [3.63, 3.8) is 0 Å². The van der Waals surface area contributed by atoms with Crippen molar-refractivity contribution < 1.29 is 9.53 Å². The van der Waals surface area contributed by atoms with Crippen molar-refractivity contribution in [1.29, 1.82) is 0 Å². The maximum Gasteiger partial charge on any atom is 0.255 e. The minimum absolute atomic E-state index is 0.299. The van der Waals surface area contributed by atoms with Gasteiger partial charge in [0.15, 0.2) is 0 Å². The monoisotopic (exact) mass is 487 g/mol. The van der Waals surface area contributed by atoms with Crippen LogP contribution in [0, 0.1) is 0 Å². The highest BCUT2D eigenvalue weighted by Gasteiger charge is 2.17. The SMILES string of the molecule is C=CC(=O)Nc1cc(Nc2ncnc(-n3ncc4ccccc43)n2)c(OC)cc1N(C)CCN(C)C. The summed E-state index contributed by atoms with van der Waals surface area (Å²) in [6.45, 7) is 5.14. The van der Waals surface area contributed by atoms with E-state index in [1.807, 2.05) is 51.5 Å². The summed E-state index contributed by atoms with van der Waals surface area (Å²) in [5.74, 6) is 0.909. The Bertz CT molecular complexity index is 1380. The molecule has 2 aromatic carbocycles. The fraction of sp³-hybridized carbons (Fsp3) is 0.240. The van der Waals surface area contributed by atoms with Crippen LogP contribution < -0.4 is 20.3 Å². The first-order valence-electron chi connectivity index (χ1n) is 11.3. The van der Waals surface area contributed by atoms with Gasteiger partial charge in [-0.2, -0.15) is 19.7 Å². The first-order chi connectivity index (χ1) is 17.4. The van der Waals surface area contributed by atoms with Gasteiger partial charge in [-0.15, -0.1) is 0 Å². The van der Waals surface area contributed by atoms with Crippen LogP contribution in [0.5, 0.6) is 5.75 Å². The van der Waals surface area contributed by atoms with E-state index in [1.165, 1.54) is 12.4 Å². The molecule has 4 aromatic rings. The van der Waals surface area contributed by atoms with E-state index in [9.17, 15) is 4.79 Å². The lowest BCUT2D eigenvalue weighted by molar-refractivity contribution is -0.111. The molecule has 0 radical (unpaired) electrons. The van der Waals surface area contributed by atoms with Crippen molar-refractivity contribution in [2.45, 2.75) is 0 Å². The number of benzene rings is 2. The number of amides is 1. The number of carbonyl (C=O) groups is 1. The Morgan fingerprint density at radius 3 is 2.69 bits per heavy atom. The van der Waals surface area contributed by atoms with Crippen LogP contribution in [-0.2, 0) is 4.79 Å². The second kappa shape index (κ2) is 10.8. The molecule has 0 saturated carbocycles. The Kier molecular flexibility index (Phi) is 7.40. The van der Waals surface area contributed by atoms with Gasteiger partial charge in [-0.1, -0.05) is 24.8 Å². The van der Waals surface area contributed by atoms with Gasteiger partial charge in [0.2, 0.25) is 11.9 Å². The number of methoxy groups -OCH3 is 1. The van der Waals surface area contributed by atoms with Gasteiger partial charge in [-0.05, 0) is 32.3 Å². The number of anilines is 4. The first-order valence-corrected chi connectivity index (χ1v) is 11.3. The van der Waals surface area contributed by atoms with Gasteiger partial charge in [0.25, 0.3) is 5.95 Å². The lowest BCUT2D eigenvalue weighted by Crippen LogP contribution is -2.29. The Balaban J connectivity index is 1.69. The second-order valence-corrected chi connectivity index (χ2v) is 8.34. The highest BCUT2D eigenvalue weighted by Crippen LogP contribution is 2.37. The van der Waals surface area contributed by atoms with E-state index in [0.29, 0.717) is 29.0 Å². The summed E-state index contributed by atoms with van der Waals surface area (Å²) in [7, 11) is 7.57. The fourth-order valence-corrected chi connectivity index (χ4v) is 3.61. The minimum Gasteiger partial charge on any atom is -0.494 e. The van der Waals surface area contributed by atoms with Crippen LogP contribution in [0.15, 0.2) is 61.6 Å². The van der Waals surface area contributed by atoms with Crippen molar-refractivity contribution in [2.24, 2.45) is 0 Å². The molecule has 1 amide bonds. The van der Waals surface area contributed by atoms with Crippen LogP contribution in [0.2, 0.25) is 0 Å². The molecule has 0 spiro atoms. The van der Waals surface area contributed by atoms with Gasteiger partial charge in [0, 0.05) is 31.6 Å². The zero-order chi connectivity index (χ0) is 25.7. The topological polar surface area (TPSA) is 113 Å².